The van der Waals surface area contributed by atoms with Gasteiger partial charge in [-0.3, -0.25) is 4.79 Å². The third kappa shape index (κ3) is 5.70. The van der Waals surface area contributed by atoms with E-state index in [4.69, 9.17) is 18.6 Å². The maximum Gasteiger partial charge on any atom is 0.223 e. The van der Waals surface area contributed by atoms with Crippen molar-refractivity contribution < 1.29 is 23.2 Å². The molecule has 1 saturated heterocycles. The SMILES string of the molecule is CCOc1c(C(=O)c2cnn(CC)c2OCc2ccc3ccccc3c2)ccc(OC)c1N=S1(=O)CCCCC1. The molecule has 40 heavy (non-hydrogen) atoms. The van der Waals surface area contributed by atoms with Gasteiger partial charge in [0.1, 0.15) is 17.9 Å². The van der Waals surface area contributed by atoms with E-state index in [1.54, 1.807) is 16.8 Å². The molecule has 0 saturated carbocycles. The number of ketones is 1. The number of fused-ring (bicyclic) bond motifs is 1. The topological polar surface area (TPSA) is 92.0 Å². The summed E-state index contributed by atoms with van der Waals surface area (Å²) >= 11 is 0. The number of hydrogen-bond acceptors (Lipinski definition) is 7. The highest BCUT2D eigenvalue weighted by molar-refractivity contribution is 7.93. The van der Waals surface area contributed by atoms with Gasteiger partial charge in [-0.05, 0) is 61.2 Å². The van der Waals surface area contributed by atoms with Crippen LogP contribution in [-0.2, 0) is 22.9 Å². The number of methoxy groups -OCH3 is 1. The zero-order valence-corrected chi connectivity index (χ0v) is 24.0. The predicted octanol–water partition coefficient (Wildman–Crippen LogP) is 6.56. The van der Waals surface area contributed by atoms with Crippen LogP contribution in [0, 0.1) is 0 Å². The Hall–Kier alpha value is -3.85. The van der Waals surface area contributed by atoms with Crippen molar-refractivity contribution in [2.45, 2.75) is 46.3 Å². The molecule has 0 radical (unpaired) electrons. The molecule has 0 bridgehead atoms. The van der Waals surface area contributed by atoms with E-state index in [0.29, 0.717) is 53.1 Å². The number of carbonyl (C=O) groups is 1. The van der Waals surface area contributed by atoms with Gasteiger partial charge in [0, 0.05) is 18.1 Å². The molecule has 2 heterocycles. The van der Waals surface area contributed by atoms with Crippen molar-refractivity contribution in [1.29, 1.82) is 0 Å². The quantitative estimate of drug-likeness (QED) is 0.204. The summed E-state index contributed by atoms with van der Waals surface area (Å²) in [6.07, 6.45) is 4.30. The van der Waals surface area contributed by atoms with Gasteiger partial charge in [0.25, 0.3) is 0 Å². The summed E-state index contributed by atoms with van der Waals surface area (Å²) in [5, 5.41) is 6.69. The van der Waals surface area contributed by atoms with Crippen LogP contribution in [0.15, 0.2) is 65.2 Å². The van der Waals surface area contributed by atoms with Crippen LogP contribution >= 0.6 is 0 Å². The largest absolute Gasteiger partial charge is 0.494 e. The molecule has 0 aliphatic carbocycles. The Morgan fingerprint density at radius 2 is 1.75 bits per heavy atom. The number of aryl methyl sites for hydroxylation is 1. The Morgan fingerprint density at radius 1 is 0.975 bits per heavy atom. The number of benzene rings is 3. The van der Waals surface area contributed by atoms with Gasteiger partial charge in [-0.1, -0.05) is 42.8 Å². The van der Waals surface area contributed by atoms with E-state index in [0.717, 1.165) is 35.6 Å². The molecular weight excluding hydrogens is 526 g/mol. The second-order valence-electron chi connectivity index (χ2n) is 9.74. The minimum absolute atomic E-state index is 0.268. The summed E-state index contributed by atoms with van der Waals surface area (Å²) < 4.78 is 37.7. The maximum atomic E-state index is 14.0. The Bertz CT molecular complexity index is 1640. The molecule has 0 unspecified atom stereocenters. The van der Waals surface area contributed by atoms with E-state index >= 15 is 0 Å². The summed E-state index contributed by atoms with van der Waals surface area (Å²) in [6, 6.07) is 17.7. The molecule has 1 aromatic heterocycles. The number of aromatic nitrogens is 2. The maximum absolute atomic E-state index is 14.0. The molecule has 9 heteroatoms. The highest BCUT2D eigenvalue weighted by Crippen LogP contribution is 2.43. The third-order valence-corrected chi connectivity index (χ3v) is 9.43. The van der Waals surface area contributed by atoms with Crippen LogP contribution in [0.3, 0.4) is 0 Å². The highest BCUT2D eigenvalue weighted by atomic mass is 32.2. The first-order chi connectivity index (χ1) is 19.5. The van der Waals surface area contributed by atoms with Crippen LogP contribution in [0.4, 0.5) is 5.69 Å². The van der Waals surface area contributed by atoms with Gasteiger partial charge < -0.3 is 14.2 Å². The molecule has 5 rings (SSSR count). The number of ether oxygens (including phenoxy) is 3. The van der Waals surface area contributed by atoms with Crippen molar-refractivity contribution in [2.75, 3.05) is 25.2 Å². The summed E-state index contributed by atoms with van der Waals surface area (Å²) in [5.74, 6) is 1.81. The van der Waals surface area contributed by atoms with Crippen molar-refractivity contribution in [3.8, 4) is 17.4 Å². The molecular formula is C31H35N3O5S. The van der Waals surface area contributed by atoms with Gasteiger partial charge in [0.2, 0.25) is 11.7 Å². The van der Waals surface area contributed by atoms with E-state index < -0.39 is 9.73 Å². The smallest absolute Gasteiger partial charge is 0.223 e. The summed E-state index contributed by atoms with van der Waals surface area (Å²) in [5.41, 5.74) is 1.93. The van der Waals surface area contributed by atoms with Crippen LogP contribution in [0.1, 0.15) is 54.6 Å². The summed E-state index contributed by atoms with van der Waals surface area (Å²) in [6.45, 7) is 4.90. The van der Waals surface area contributed by atoms with Crippen molar-refractivity contribution in [3.05, 3.63) is 77.5 Å². The number of rotatable bonds is 10. The van der Waals surface area contributed by atoms with Crippen LogP contribution < -0.4 is 14.2 Å². The highest BCUT2D eigenvalue weighted by Gasteiger charge is 2.27. The lowest BCUT2D eigenvalue weighted by molar-refractivity contribution is 0.103. The van der Waals surface area contributed by atoms with Crippen molar-refractivity contribution in [3.63, 3.8) is 0 Å². The second-order valence-corrected chi connectivity index (χ2v) is 12.3. The lowest BCUT2D eigenvalue weighted by atomic mass is 10.0. The number of nitrogens with zero attached hydrogens (tertiary/aromatic N) is 3. The molecule has 1 aliphatic heterocycles. The van der Waals surface area contributed by atoms with E-state index in [9.17, 15) is 9.00 Å². The lowest BCUT2D eigenvalue weighted by Crippen LogP contribution is -2.16. The Kier molecular flexibility index (Phi) is 8.40. The fourth-order valence-corrected chi connectivity index (χ4v) is 7.20. The zero-order valence-electron chi connectivity index (χ0n) is 23.2. The summed E-state index contributed by atoms with van der Waals surface area (Å²) in [7, 11) is -0.943. The van der Waals surface area contributed by atoms with Gasteiger partial charge in [-0.25, -0.2) is 8.89 Å². The van der Waals surface area contributed by atoms with Crippen LogP contribution in [-0.4, -0.2) is 45.0 Å². The molecule has 1 aliphatic rings. The monoisotopic (exact) mass is 561 g/mol. The fraction of sp³-hybridized carbons (Fsp3) is 0.355. The predicted molar refractivity (Wildman–Crippen MR) is 158 cm³/mol. The third-order valence-electron chi connectivity index (χ3n) is 7.06. The van der Waals surface area contributed by atoms with E-state index in [-0.39, 0.29) is 18.1 Å². The first-order valence-corrected chi connectivity index (χ1v) is 15.6. The normalized spacial score (nSPS) is 14.6. The molecule has 8 nitrogen and oxygen atoms in total. The molecule has 0 spiro atoms. The van der Waals surface area contributed by atoms with Gasteiger partial charge in [0.05, 0.1) is 35.2 Å². The average Bonchev–Trinajstić information content (AvgIpc) is 3.39. The first-order valence-electron chi connectivity index (χ1n) is 13.7. The van der Waals surface area contributed by atoms with E-state index in [2.05, 4.69) is 29.4 Å². The second kappa shape index (κ2) is 12.1. The van der Waals surface area contributed by atoms with Crippen LogP contribution in [0.25, 0.3) is 10.8 Å². The minimum Gasteiger partial charge on any atom is -0.494 e. The van der Waals surface area contributed by atoms with Gasteiger partial charge in [0.15, 0.2) is 11.4 Å². The Balaban J connectivity index is 1.52. The van der Waals surface area contributed by atoms with E-state index in [1.165, 1.54) is 13.3 Å². The Labute approximate surface area is 235 Å². The molecule has 3 aromatic carbocycles. The minimum atomic E-state index is -2.47. The van der Waals surface area contributed by atoms with Crippen molar-refractivity contribution in [1.82, 2.24) is 9.78 Å². The molecule has 4 aromatic rings. The number of carbonyl (C=O) groups excluding carboxylic acids is 1. The van der Waals surface area contributed by atoms with Crippen molar-refractivity contribution >= 4 is 32.0 Å². The molecule has 1 fully saturated rings. The standard InChI is InChI=1S/C31H35N3O5S/c1-4-34-31(39-21-22-13-14-23-11-7-8-12-24(23)19-22)26(20-32-34)29(35)25-15-16-27(37-3)28(30(25)38-5-2)33-40(36)17-9-6-10-18-40/h7-8,11-16,19-20H,4-6,9-10,17-18,21H2,1-3H3. The van der Waals surface area contributed by atoms with Gasteiger partial charge in [-0.15, -0.1) is 0 Å². The zero-order chi connectivity index (χ0) is 28.1. The summed E-state index contributed by atoms with van der Waals surface area (Å²) in [4.78, 5) is 14.0. The first kappa shape index (κ1) is 27.7. The molecule has 0 atom stereocenters. The number of hydrogen-bond donors (Lipinski definition) is 0. The average molecular weight is 562 g/mol. The molecule has 210 valence electrons. The van der Waals surface area contributed by atoms with Gasteiger partial charge >= 0.3 is 0 Å². The van der Waals surface area contributed by atoms with E-state index in [1.807, 2.05) is 32.0 Å². The fourth-order valence-electron chi connectivity index (χ4n) is 5.00. The lowest BCUT2D eigenvalue weighted by Gasteiger charge is -2.19. The van der Waals surface area contributed by atoms with Crippen LogP contribution in [0.5, 0.6) is 17.4 Å². The van der Waals surface area contributed by atoms with Gasteiger partial charge in [-0.2, -0.15) is 9.46 Å². The molecule has 0 amide bonds. The van der Waals surface area contributed by atoms with Crippen LogP contribution in [0.2, 0.25) is 0 Å². The Morgan fingerprint density at radius 3 is 2.48 bits per heavy atom. The van der Waals surface area contributed by atoms with Crippen molar-refractivity contribution in [2.24, 2.45) is 4.36 Å². The molecule has 0 N–H and O–H groups in total.